The fraction of sp³-hybridized carbons (Fsp3) is 0.409. The van der Waals surface area contributed by atoms with Gasteiger partial charge in [0.2, 0.25) is 0 Å². The van der Waals surface area contributed by atoms with E-state index in [9.17, 15) is 31.1 Å². The van der Waals surface area contributed by atoms with E-state index in [1.807, 2.05) is 0 Å². The van der Waals surface area contributed by atoms with Crippen molar-refractivity contribution in [1.29, 1.82) is 0 Å². The molecular weight excluding hydrogens is 510 g/mol. The molecule has 0 bridgehead atoms. The molecule has 1 aliphatic heterocycles. The number of pyridine rings is 1. The Morgan fingerprint density at radius 1 is 1.19 bits per heavy atom. The number of carbonyl (C=O) groups excluding carboxylic acids is 1. The van der Waals surface area contributed by atoms with Crippen LogP contribution >= 0.6 is 11.3 Å². The van der Waals surface area contributed by atoms with Gasteiger partial charge in [-0.05, 0) is 25.0 Å². The van der Waals surface area contributed by atoms with Crippen LogP contribution in [0.25, 0.3) is 10.6 Å². The molecule has 4 rings (SSSR count). The number of rotatable bonds is 5. The lowest BCUT2D eigenvalue weighted by Crippen LogP contribution is -2.57. The Bertz CT molecular complexity index is 1230. The van der Waals surface area contributed by atoms with Crippen molar-refractivity contribution in [3.63, 3.8) is 0 Å². The average molecular weight is 530 g/mol. The Kier molecular flexibility index (Phi) is 6.90. The van der Waals surface area contributed by atoms with E-state index in [0.717, 1.165) is 28.6 Å². The molecule has 0 radical (unpaired) electrons. The average Bonchev–Trinajstić information content (AvgIpc) is 3.19. The lowest BCUT2D eigenvalue weighted by molar-refractivity contribution is -0.141. The fourth-order valence-corrected chi connectivity index (χ4v) is 4.93. The van der Waals surface area contributed by atoms with Crippen LogP contribution in [0.3, 0.4) is 0 Å². The van der Waals surface area contributed by atoms with Gasteiger partial charge in [0.1, 0.15) is 17.3 Å². The van der Waals surface area contributed by atoms with E-state index in [2.05, 4.69) is 25.3 Å². The lowest BCUT2D eigenvalue weighted by Gasteiger charge is -2.43. The number of amides is 1. The highest BCUT2D eigenvalue weighted by atomic mass is 32.1. The van der Waals surface area contributed by atoms with E-state index in [4.69, 9.17) is 0 Å². The number of nitrogens with one attached hydrogen (secondary N) is 1. The van der Waals surface area contributed by atoms with Gasteiger partial charge in [0.05, 0.1) is 46.8 Å². The third kappa shape index (κ3) is 5.58. The predicted molar refractivity (Wildman–Crippen MR) is 119 cm³/mol. The van der Waals surface area contributed by atoms with E-state index in [1.54, 1.807) is 13.8 Å². The summed E-state index contributed by atoms with van der Waals surface area (Å²) < 4.78 is 80.6. The number of anilines is 1. The van der Waals surface area contributed by atoms with Gasteiger partial charge >= 0.3 is 6.18 Å². The topological polar surface area (TPSA) is 83.9 Å². The molecular formula is C22H20F6N6OS. The molecule has 4 heterocycles. The van der Waals surface area contributed by atoms with Gasteiger partial charge in [-0.1, -0.05) is 6.92 Å². The summed E-state index contributed by atoms with van der Waals surface area (Å²) in [5, 5.41) is 3.28. The molecule has 0 saturated carbocycles. The number of aromatic nitrogens is 4. The highest BCUT2D eigenvalue weighted by molar-refractivity contribution is 7.15. The molecule has 7 nitrogen and oxygen atoms in total. The van der Waals surface area contributed by atoms with Crippen LogP contribution < -0.4 is 5.32 Å². The number of aryl methyl sites for hydroxylation is 1. The van der Waals surface area contributed by atoms with Gasteiger partial charge in [-0.2, -0.15) is 13.2 Å². The molecule has 0 aromatic carbocycles. The zero-order valence-corrected chi connectivity index (χ0v) is 19.8. The highest BCUT2D eigenvalue weighted by Gasteiger charge is 2.47. The van der Waals surface area contributed by atoms with E-state index in [0.29, 0.717) is 16.1 Å². The summed E-state index contributed by atoms with van der Waals surface area (Å²) in [6.07, 6.45) is -2.71. The molecule has 1 fully saturated rings. The molecule has 3 aromatic rings. The number of thiazole rings is 1. The summed E-state index contributed by atoms with van der Waals surface area (Å²) in [4.78, 5) is 30.1. The monoisotopic (exact) mass is 530 g/mol. The molecule has 36 heavy (non-hydrogen) atoms. The van der Waals surface area contributed by atoms with Crippen LogP contribution in [-0.2, 0) is 6.18 Å². The van der Waals surface area contributed by atoms with Crippen molar-refractivity contribution in [3.8, 4) is 10.6 Å². The molecule has 0 unspecified atom stereocenters. The molecule has 1 N–H and O–H groups in total. The Morgan fingerprint density at radius 2 is 1.94 bits per heavy atom. The fourth-order valence-electron chi connectivity index (χ4n) is 4.05. The Morgan fingerprint density at radius 3 is 2.56 bits per heavy atom. The van der Waals surface area contributed by atoms with Crippen molar-refractivity contribution < 1.29 is 31.1 Å². The van der Waals surface area contributed by atoms with Gasteiger partial charge in [-0.25, -0.2) is 28.1 Å². The Balaban J connectivity index is 1.60. The standard InChI is InChI=1S/C22H20F6N6OS/c1-11-5-21(24,25)10-34(15(11)7-31-17-9-30-16(8-32-17)22(26,27)28)20(35)18-19(36-12(2)33-18)14-4-3-13(23)6-29-14/h3-4,6,8-9,11,15H,5,7,10H2,1-2H3,(H,31,32)/t11-,15-/m1/s1. The summed E-state index contributed by atoms with van der Waals surface area (Å²) in [7, 11) is 0. The molecule has 1 amide bonds. The summed E-state index contributed by atoms with van der Waals surface area (Å²) in [6.45, 7) is 2.28. The van der Waals surface area contributed by atoms with Crippen LogP contribution in [0.15, 0.2) is 30.7 Å². The minimum atomic E-state index is -4.65. The molecule has 0 aliphatic carbocycles. The van der Waals surface area contributed by atoms with Crippen molar-refractivity contribution >= 4 is 23.1 Å². The molecule has 2 atom stereocenters. The van der Waals surface area contributed by atoms with Crippen molar-refractivity contribution in [1.82, 2.24) is 24.8 Å². The van der Waals surface area contributed by atoms with E-state index < -0.39 is 54.4 Å². The molecule has 1 aliphatic rings. The first-order valence-corrected chi connectivity index (χ1v) is 11.6. The Hall–Kier alpha value is -3.29. The molecule has 1 saturated heterocycles. The van der Waals surface area contributed by atoms with Gasteiger partial charge in [-0.3, -0.25) is 9.78 Å². The number of hydrogen-bond donors (Lipinski definition) is 1. The zero-order valence-electron chi connectivity index (χ0n) is 19.0. The summed E-state index contributed by atoms with van der Waals surface area (Å²) >= 11 is 1.12. The summed E-state index contributed by atoms with van der Waals surface area (Å²) in [5.74, 6) is -5.15. The summed E-state index contributed by atoms with van der Waals surface area (Å²) in [6, 6.07) is 1.78. The maximum Gasteiger partial charge on any atom is 0.434 e. The first kappa shape index (κ1) is 25.8. The third-order valence-corrected chi connectivity index (χ3v) is 6.66. The van der Waals surface area contributed by atoms with Crippen molar-refractivity contribution in [2.24, 2.45) is 5.92 Å². The minimum Gasteiger partial charge on any atom is -0.367 e. The first-order chi connectivity index (χ1) is 16.8. The number of piperidine rings is 1. The number of carbonyl (C=O) groups is 1. The molecule has 0 spiro atoms. The van der Waals surface area contributed by atoms with Crippen LogP contribution in [-0.4, -0.2) is 55.8 Å². The molecule has 3 aromatic heterocycles. The Labute approximate surface area is 205 Å². The van der Waals surface area contributed by atoms with Gasteiger partial charge < -0.3 is 10.2 Å². The lowest BCUT2D eigenvalue weighted by atomic mass is 9.88. The van der Waals surface area contributed by atoms with Crippen molar-refractivity contribution in [2.45, 2.75) is 38.4 Å². The van der Waals surface area contributed by atoms with Crippen molar-refractivity contribution in [2.75, 3.05) is 18.4 Å². The van der Waals surface area contributed by atoms with E-state index in [-0.39, 0.29) is 23.8 Å². The predicted octanol–water partition coefficient (Wildman–Crippen LogP) is 5.06. The van der Waals surface area contributed by atoms with Crippen LogP contribution in [0.4, 0.5) is 32.2 Å². The normalized spacial score (nSPS) is 19.8. The quantitative estimate of drug-likeness (QED) is 0.465. The maximum absolute atomic E-state index is 14.5. The van der Waals surface area contributed by atoms with Gasteiger partial charge in [0.25, 0.3) is 11.8 Å². The maximum atomic E-state index is 14.5. The second-order valence-corrected chi connectivity index (χ2v) is 9.68. The number of halogens is 6. The largest absolute Gasteiger partial charge is 0.434 e. The highest BCUT2D eigenvalue weighted by Crippen LogP contribution is 2.37. The van der Waals surface area contributed by atoms with Crippen LogP contribution in [0.1, 0.15) is 34.5 Å². The second kappa shape index (κ2) is 9.64. The second-order valence-electron chi connectivity index (χ2n) is 8.48. The first-order valence-electron chi connectivity index (χ1n) is 10.8. The molecule has 14 heteroatoms. The number of hydrogen-bond acceptors (Lipinski definition) is 7. The van der Waals surface area contributed by atoms with E-state index in [1.165, 1.54) is 12.1 Å². The van der Waals surface area contributed by atoms with Crippen LogP contribution in [0.2, 0.25) is 0 Å². The smallest absolute Gasteiger partial charge is 0.367 e. The van der Waals surface area contributed by atoms with Crippen molar-refractivity contribution in [3.05, 3.63) is 52.9 Å². The number of likely N-dealkylation sites (tertiary alicyclic amines) is 1. The van der Waals surface area contributed by atoms with Gasteiger partial charge in [-0.15, -0.1) is 11.3 Å². The molecule has 192 valence electrons. The van der Waals surface area contributed by atoms with Crippen LogP contribution in [0, 0.1) is 18.7 Å². The van der Waals surface area contributed by atoms with E-state index >= 15 is 0 Å². The number of alkyl halides is 5. The SMILES string of the molecule is Cc1nc(C(=O)N2CC(F)(F)C[C@@H](C)[C@H]2CNc2cnc(C(F)(F)F)cn2)c(-c2ccc(F)cn2)s1. The minimum absolute atomic E-state index is 0.000589. The number of nitrogens with zero attached hydrogens (tertiary/aromatic N) is 5. The van der Waals surface area contributed by atoms with Gasteiger partial charge in [0.15, 0.2) is 5.69 Å². The third-order valence-electron chi connectivity index (χ3n) is 5.67. The zero-order chi connectivity index (χ0) is 26.3. The summed E-state index contributed by atoms with van der Waals surface area (Å²) in [5.41, 5.74) is -0.978. The van der Waals surface area contributed by atoms with Gasteiger partial charge in [0, 0.05) is 13.0 Å². The van der Waals surface area contributed by atoms with Crippen LogP contribution in [0.5, 0.6) is 0 Å².